The molecule has 19 heavy (non-hydrogen) atoms. The number of piperidine rings is 1. The highest BCUT2D eigenvalue weighted by Crippen LogP contribution is 2.55. The van der Waals surface area contributed by atoms with Crippen molar-refractivity contribution in [3.8, 4) is 0 Å². The van der Waals surface area contributed by atoms with E-state index in [2.05, 4.69) is 52.5 Å². The van der Waals surface area contributed by atoms with E-state index in [-0.39, 0.29) is 0 Å². The minimum Gasteiger partial charge on any atom is -0.295 e. The molecule has 0 radical (unpaired) electrons. The molecule has 2 nitrogen and oxygen atoms in total. The van der Waals surface area contributed by atoms with E-state index in [1.165, 1.54) is 29.8 Å². The molecule has 0 saturated carbocycles. The van der Waals surface area contributed by atoms with Crippen molar-refractivity contribution in [3.63, 3.8) is 0 Å². The predicted molar refractivity (Wildman–Crippen MR) is 79.5 cm³/mol. The third-order valence-corrected chi connectivity index (χ3v) is 5.69. The average molecular weight is 258 g/mol. The lowest BCUT2D eigenvalue weighted by atomic mass is 9.74. The summed E-state index contributed by atoms with van der Waals surface area (Å²) in [6.45, 7) is 15.1. The Bertz CT molecular complexity index is 495. The summed E-state index contributed by atoms with van der Waals surface area (Å²) in [5.74, 6) is 1.45. The Morgan fingerprint density at radius 2 is 1.95 bits per heavy atom. The van der Waals surface area contributed by atoms with Crippen molar-refractivity contribution >= 4 is 0 Å². The van der Waals surface area contributed by atoms with Gasteiger partial charge in [0, 0.05) is 28.9 Å². The molecular formula is C17H26N2. The second-order valence-electron chi connectivity index (χ2n) is 7.09. The molecule has 0 N–H and O–H groups in total. The first-order chi connectivity index (χ1) is 8.84. The second-order valence-corrected chi connectivity index (χ2v) is 7.09. The van der Waals surface area contributed by atoms with Gasteiger partial charge in [-0.05, 0) is 77.6 Å². The van der Waals surface area contributed by atoms with Gasteiger partial charge in [-0.15, -0.1) is 0 Å². The molecule has 2 aliphatic heterocycles. The molecule has 4 atom stereocenters. The van der Waals surface area contributed by atoms with Gasteiger partial charge in [-0.1, -0.05) is 0 Å². The van der Waals surface area contributed by atoms with Gasteiger partial charge in [0.2, 0.25) is 0 Å². The molecule has 1 aromatic heterocycles. The monoisotopic (exact) mass is 258 g/mol. The molecule has 2 fully saturated rings. The summed E-state index contributed by atoms with van der Waals surface area (Å²) in [6, 6.07) is 2.90. The topological polar surface area (TPSA) is 16.1 Å². The average Bonchev–Trinajstić information content (AvgIpc) is 2.66. The highest BCUT2D eigenvalue weighted by atomic mass is 15.3. The first-order valence-corrected chi connectivity index (χ1v) is 7.55. The van der Waals surface area contributed by atoms with Crippen molar-refractivity contribution in [3.05, 3.63) is 28.6 Å². The van der Waals surface area contributed by atoms with E-state index in [1.54, 1.807) is 0 Å². The van der Waals surface area contributed by atoms with E-state index in [0.29, 0.717) is 17.5 Å². The molecule has 104 valence electrons. The normalized spacial score (nSPS) is 35.9. The number of hydrogen-bond donors (Lipinski definition) is 0. The van der Waals surface area contributed by atoms with E-state index in [0.717, 1.165) is 11.6 Å². The van der Waals surface area contributed by atoms with Crippen molar-refractivity contribution in [2.45, 2.75) is 65.5 Å². The fourth-order valence-electron chi connectivity index (χ4n) is 4.99. The molecule has 1 aromatic rings. The smallest absolute Gasteiger partial charge is 0.0413 e. The first kappa shape index (κ1) is 13.1. The maximum absolute atomic E-state index is 4.73. The van der Waals surface area contributed by atoms with E-state index in [1.807, 2.05) is 0 Å². The summed E-state index contributed by atoms with van der Waals surface area (Å²) in [5, 5.41) is 0. The fraction of sp³-hybridized carbons (Fsp3) is 0.706. The Morgan fingerprint density at radius 3 is 2.47 bits per heavy atom. The van der Waals surface area contributed by atoms with Crippen LogP contribution in [0.25, 0.3) is 0 Å². The van der Waals surface area contributed by atoms with Crippen LogP contribution >= 0.6 is 0 Å². The third kappa shape index (κ3) is 1.69. The molecule has 0 spiro atoms. The highest BCUT2D eigenvalue weighted by molar-refractivity contribution is 5.38. The van der Waals surface area contributed by atoms with Gasteiger partial charge in [0.15, 0.2) is 0 Å². The predicted octanol–water partition coefficient (Wildman–Crippen LogP) is 3.59. The SMILES string of the molecule is Cc1cc(C)c(C2C3CCN([C@@H]2C)C3(C)C)c(C)n1. The zero-order chi connectivity index (χ0) is 13.9. The number of nitrogens with zero attached hydrogens (tertiary/aromatic N) is 2. The van der Waals surface area contributed by atoms with Gasteiger partial charge in [0.05, 0.1) is 0 Å². The zero-order valence-electron chi connectivity index (χ0n) is 13.1. The lowest BCUT2D eigenvalue weighted by Crippen LogP contribution is -2.39. The number of pyridine rings is 1. The Kier molecular flexibility index (Phi) is 2.79. The fourth-order valence-corrected chi connectivity index (χ4v) is 4.99. The van der Waals surface area contributed by atoms with Gasteiger partial charge in [0.1, 0.15) is 0 Å². The molecule has 3 heterocycles. The van der Waals surface area contributed by atoms with Gasteiger partial charge in [-0.2, -0.15) is 0 Å². The minimum atomic E-state index is 0.355. The number of hydrogen-bond acceptors (Lipinski definition) is 2. The van der Waals surface area contributed by atoms with E-state index in [4.69, 9.17) is 4.98 Å². The van der Waals surface area contributed by atoms with E-state index >= 15 is 0 Å². The van der Waals surface area contributed by atoms with Crippen LogP contribution in [0, 0.1) is 26.7 Å². The zero-order valence-corrected chi connectivity index (χ0v) is 13.1. The largest absolute Gasteiger partial charge is 0.295 e. The summed E-state index contributed by atoms with van der Waals surface area (Å²) in [4.78, 5) is 7.44. The molecule has 0 aromatic carbocycles. The molecule has 2 saturated heterocycles. The number of fused-ring (bicyclic) bond motifs is 2. The molecule has 2 heteroatoms. The number of aromatic nitrogens is 1. The minimum absolute atomic E-state index is 0.355. The van der Waals surface area contributed by atoms with Crippen LogP contribution in [-0.4, -0.2) is 28.0 Å². The van der Waals surface area contributed by atoms with Gasteiger partial charge < -0.3 is 0 Å². The van der Waals surface area contributed by atoms with Gasteiger partial charge in [-0.3, -0.25) is 9.88 Å². The summed E-state index contributed by atoms with van der Waals surface area (Å²) in [6.07, 6.45) is 1.34. The van der Waals surface area contributed by atoms with Gasteiger partial charge in [0.25, 0.3) is 0 Å². The van der Waals surface area contributed by atoms with E-state index in [9.17, 15) is 0 Å². The van der Waals surface area contributed by atoms with Crippen LogP contribution in [-0.2, 0) is 0 Å². The molecular weight excluding hydrogens is 232 g/mol. The molecule has 3 unspecified atom stereocenters. The molecule has 3 rings (SSSR count). The van der Waals surface area contributed by atoms with Gasteiger partial charge in [-0.25, -0.2) is 0 Å². The van der Waals surface area contributed by atoms with Crippen molar-refractivity contribution < 1.29 is 0 Å². The summed E-state index contributed by atoms with van der Waals surface area (Å²) < 4.78 is 0. The number of aryl methyl sites for hydroxylation is 3. The van der Waals surface area contributed by atoms with E-state index < -0.39 is 0 Å². The number of rotatable bonds is 1. The van der Waals surface area contributed by atoms with Crippen molar-refractivity contribution in [2.24, 2.45) is 5.92 Å². The van der Waals surface area contributed by atoms with Crippen LogP contribution in [0.1, 0.15) is 55.6 Å². The van der Waals surface area contributed by atoms with Crippen molar-refractivity contribution in [1.29, 1.82) is 0 Å². The lowest BCUT2D eigenvalue weighted by molar-refractivity contribution is 0.169. The Hall–Kier alpha value is -0.890. The van der Waals surface area contributed by atoms with Crippen molar-refractivity contribution in [1.82, 2.24) is 9.88 Å². The second kappa shape index (κ2) is 4.05. The molecule has 0 amide bonds. The molecule has 0 aliphatic carbocycles. The van der Waals surface area contributed by atoms with Gasteiger partial charge >= 0.3 is 0 Å². The lowest BCUT2D eigenvalue weighted by Gasteiger charge is -2.32. The highest BCUT2D eigenvalue weighted by Gasteiger charge is 2.56. The summed E-state index contributed by atoms with van der Waals surface area (Å²) >= 11 is 0. The Balaban J connectivity index is 2.09. The molecule has 2 aliphatic rings. The Labute approximate surface area is 117 Å². The van der Waals surface area contributed by atoms with Crippen LogP contribution < -0.4 is 0 Å². The molecule has 2 bridgehead atoms. The first-order valence-electron chi connectivity index (χ1n) is 7.55. The summed E-state index contributed by atoms with van der Waals surface area (Å²) in [7, 11) is 0. The quantitative estimate of drug-likeness (QED) is 0.765. The van der Waals surface area contributed by atoms with Crippen LogP contribution in [0.15, 0.2) is 6.07 Å². The van der Waals surface area contributed by atoms with Crippen LogP contribution in [0.2, 0.25) is 0 Å². The van der Waals surface area contributed by atoms with Crippen LogP contribution in [0.3, 0.4) is 0 Å². The van der Waals surface area contributed by atoms with Crippen LogP contribution in [0.4, 0.5) is 0 Å². The maximum atomic E-state index is 4.73. The van der Waals surface area contributed by atoms with Crippen LogP contribution in [0.5, 0.6) is 0 Å². The van der Waals surface area contributed by atoms with Crippen molar-refractivity contribution in [2.75, 3.05) is 6.54 Å². The third-order valence-electron chi connectivity index (χ3n) is 5.69. The summed E-state index contributed by atoms with van der Waals surface area (Å²) in [5.41, 5.74) is 5.71. The maximum Gasteiger partial charge on any atom is 0.0413 e. The standard InChI is InChI=1S/C17H26N2/c1-10-9-11(2)18-12(3)15(10)16-13(4)19-8-7-14(16)17(19,5)6/h9,13-14,16H,7-8H2,1-6H3/t13-,14?,16?/m1/s1. The Morgan fingerprint density at radius 1 is 1.26 bits per heavy atom.